The number of rotatable bonds is 3. The van der Waals surface area contributed by atoms with Gasteiger partial charge in [0.1, 0.15) is 6.61 Å². The van der Waals surface area contributed by atoms with Gasteiger partial charge in [-0.3, -0.25) is 0 Å². The summed E-state index contributed by atoms with van der Waals surface area (Å²) < 4.78 is 32.9. The molecule has 0 fully saturated rings. The molecule has 0 bridgehead atoms. The van der Waals surface area contributed by atoms with Crippen LogP contribution in [-0.4, -0.2) is 0 Å². The van der Waals surface area contributed by atoms with Gasteiger partial charge in [-0.25, -0.2) is 8.78 Å². The third-order valence-electron chi connectivity index (χ3n) is 2.35. The smallest absolute Gasteiger partial charge is 0.191 e. The molecule has 94 valence electrons. The Morgan fingerprint density at radius 2 is 1.72 bits per heavy atom. The Bertz CT molecular complexity index is 552. The molecule has 0 aromatic heterocycles. The fourth-order valence-corrected chi connectivity index (χ4v) is 1.88. The van der Waals surface area contributed by atoms with Gasteiger partial charge in [-0.1, -0.05) is 34.1 Å². The van der Waals surface area contributed by atoms with E-state index in [-0.39, 0.29) is 12.3 Å². The molecule has 0 unspecified atom stereocenters. The fraction of sp³-hybridized carbons (Fsp3) is 0.0769. The van der Waals surface area contributed by atoms with Gasteiger partial charge in [0.25, 0.3) is 0 Å². The van der Waals surface area contributed by atoms with Crippen LogP contribution in [0.4, 0.5) is 14.5 Å². The van der Waals surface area contributed by atoms with Crippen molar-refractivity contribution in [3.8, 4) is 5.75 Å². The van der Waals surface area contributed by atoms with Gasteiger partial charge in [0.2, 0.25) is 0 Å². The summed E-state index contributed by atoms with van der Waals surface area (Å²) in [5.74, 6) is -2.03. The van der Waals surface area contributed by atoms with E-state index < -0.39 is 17.4 Å². The minimum atomic E-state index is -0.806. The molecule has 0 radical (unpaired) electrons. The summed E-state index contributed by atoms with van der Waals surface area (Å²) in [5.41, 5.74) is 6.14. The molecule has 0 aliphatic carbocycles. The molecule has 0 amide bonds. The summed E-state index contributed by atoms with van der Waals surface area (Å²) in [6.45, 7) is 0.0686. The first-order valence-electron chi connectivity index (χ1n) is 5.18. The number of benzene rings is 2. The molecule has 0 saturated heterocycles. The highest BCUT2D eigenvalue weighted by molar-refractivity contribution is 9.10. The lowest BCUT2D eigenvalue weighted by molar-refractivity contribution is 0.273. The highest BCUT2D eigenvalue weighted by atomic mass is 79.9. The minimum absolute atomic E-state index is 0.0261. The maximum Gasteiger partial charge on any atom is 0.191 e. The van der Waals surface area contributed by atoms with Crippen LogP contribution in [-0.2, 0) is 6.61 Å². The number of ether oxygens (including phenoxy) is 1. The van der Waals surface area contributed by atoms with Crippen LogP contribution in [0, 0.1) is 11.6 Å². The number of nitrogen functional groups attached to an aromatic ring is 1. The zero-order valence-electron chi connectivity index (χ0n) is 9.29. The molecule has 2 aromatic carbocycles. The van der Waals surface area contributed by atoms with Crippen LogP contribution in [0.5, 0.6) is 5.75 Å². The molecule has 0 aliphatic rings. The maximum atomic E-state index is 13.5. The molecule has 0 spiro atoms. The molecule has 0 aliphatic heterocycles. The van der Waals surface area contributed by atoms with Crippen molar-refractivity contribution in [1.29, 1.82) is 0 Å². The molecule has 2 nitrogen and oxygen atoms in total. The van der Waals surface area contributed by atoms with E-state index in [9.17, 15) is 8.78 Å². The first-order valence-corrected chi connectivity index (χ1v) is 5.98. The Morgan fingerprint density at radius 3 is 2.33 bits per heavy atom. The second-order valence-corrected chi connectivity index (χ2v) is 4.55. The SMILES string of the molecule is Nc1cc(F)c(OCc2ccccc2Br)c(F)c1. The number of nitrogens with two attached hydrogens (primary N) is 1. The fourth-order valence-electron chi connectivity index (χ4n) is 1.48. The van der Waals surface area contributed by atoms with Gasteiger partial charge in [0.05, 0.1) is 0 Å². The Hall–Kier alpha value is -1.62. The first kappa shape index (κ1) is 12.8. The molecular weight excluding hydrogens is 304 g/mol. The van der Waals surface area contributed by atoms with E-state index in [1.54, 1.807) is 6.07 Å². The molecule has 2 N–H and O–H groups in total. The van der Waals surface area contributed by atoms with Crippen LogP contribution < -0.4 is 10.5 Å². The Morgan fingerprint density at radius 1 is 1.11 bits per heavy atom. The van der Waals surface area contributed by atoms with Gasteiger partial charge < -0.3 is 10.5 Å². The van der Waals surface area contributed by atoms with Crippen molar-refractivity contribution < 1.29 is 13.5 Å². The van der Waals surface area contributed by atoms with Gasteiger partial charge in [-0.15, -0.1) is 0 Å². The van der Waals surface area contributed by atoms with Gasteiger partial charge >= 0.3 is 0 Å². The van der Waals surface area contributed by atoms with Crippen molar-refractivity contribution >= 4 is 21.6 Å². The first-order chi connectivity index (χ1) is 8.58. The lowest BCUT2D eigenvalue weighted by Gasteiger charge is -2.10. The van der Waals surface area contributed by atoms with Crippen LogP contribution in [0.15, 0.2) is 40.9 Å². The summed E-state index contributed by atoms with van der Waals surface area (Å²) in [6, 6.07) is 9.35. The van der Waals surface area contributed by atoms with Gasteiger partial charge in [0.15, 0.2) is 17.4 Å². The van der Waals surface area contributed by atoms with Crippen molar-refractivity contribution in [1.82, 2.24) is 0 Å². The molecule has 0 atom stereocenters. The van der Waals surface area contributed by atoms with Crippen LogP contribution in [0.3, 0.4) is 0 Å². The molecule has 0 saturated carbocycles. The zero-order chi connectivity index (χ0) is 13.1. The molecular formula is C13H10BrF2NO. The quantitative estimate of drug-likeness (QED) is 0.873. The second kappa shape index (κ2) is 5.35. The molecule has 0 heterocycles. The lowest BCUT2D eigenvalue weighted by atomic mass is 10.2. The largest absolute Gasteiger partial charge is 0.483 e. The highest BCUT2D eigenvalue weighted by Gasteiger charge is 2.12. The normalized spacial score (nSPS) is 10.4. The van der Waals surface area contributed by atoms with Crippen molar-refractivity contribution in [2.24, 2.45) is 0 Å². The second-order valence-electron chi connectivity index (χ2n) is 3.69. The summed E-state index contributed by atoms with van der Waals surface area (Å²) in [7, 11) is 0. The zero-order valence-corrected chi connectivity index (χ0v) is 10.9. The summed E-state index contributed by atoms with van der Waals surface area (Å²) >= 11 is 3.33. The summed E-state index contributed by atoms with van der Waals surface area (Å²) in [5, 5.41) is 0. The number of anilines is 1. The van der Waals surface area contributed by atoms with Crippen LogP contribution in [0.1, 0.15) is 5.56 Å². The van der Waals surface area contributed by atoms with Gasteiger partial charge in [-0.05, 0) is 6.07 Å². The predicted molar refractivity (Wildman–Crippen MR) is 69.2 cm³/mol. The van der Waals surface area contributed by atoms with E-state index in [0.717, 1.165) is 22.2 Å². The van der Waals surface area contributed by atoms with E-state index in [0.29, 0.717) is 0 Å². The van der Waals surface area contributed by atoms with Crippen LogP contribution in [0.25, 0.3) is 0 Å². The van der Waals surface area contributed by atoms with E-state index in [4.69, 9.17) is 10.5 Å². The molecule has 2 aromatic rings. The standard InChI is InChI=1S/C13H10BrF2NO/c14-10-4-2-1-3-8(10)7-18-13-11(15)5-9(17)6-12(13)16/h1-6H,7,17H2. The van der Waals surface area contributed by atoms with Gasteiger partial charge in [0, 0.05) is 27.9 Å². The average Bonchev–Trinajstić information content (AvgIpc) is 2.30. The summed E-state index contributed by atoms with van der Waals surface area (Å²) in [6.07, 6.45) is 0. The minimum Gasteiger partial charge on any atom is -0.483 e. The van der Waals surface area contributed by atoms with E-state index in [2.05, 4.69) is 15.9 Å². The van der Waals surface area contributed by atoms with Crippen molar-refractivity contribution in [2.75, 3.05) is 5.73 Å². The topological polar surface area (TPSA) is 35.2 Å². The van der Waals surface area contributed by atoms with Crippen LogP contribution in [0.2, 0.25) is 0 Å². The number of hydrogen-bond donors (Lipinski definition) is 1. The third kappa shape index (κ3) is 2.79. The Balaban J connectivity index is 2.19. The Kier molecular flexibility index (Phi) is 3.81. The average molecular weight is 314 g/mol. The molecule has 2 rings (SSSR count). The Labute approximate surface area is 112 Å². The number of halogens is 3. The van der Waals surface area contributed by atoms with Crippen molar-refractivity contribution in [2.45, 2.75) is 6.61 Å². The van der Waals surface area contributed by atoms with Crippen molar-refractivity contribution in [3.63, 3.8) is 0 Å². The monoisotopic (exact) mass is 313 g/mol. The number of hydrogen-bond acceptors (Lipinski definition) is 2. The predicted octanol–water partition coefficient (Wildman–Crippen LogP) is 3.89. The van der Waals surface area contributed by atoms with Crippen LogP contribution >= 0.6 is 15.9 Å². The third-order valence-corrected chi connectivity index (χ3v) is 3.12. The van der Waals surface area contributed by atoms with E-state index in [1.165, 1.54) is 0 Å². The molecule has 18 heavy (non-hydrogen) atoms. The lowest BCUT2D eigenvalue weighted by Crippen LogP contribution is -2.01. The highest BCUT2D eigenvalue weighted by Crippen LogP contribution is 2.26. The van der Waals surface area contributed by atoms with E-state index in [1.807, 2.05) is 18.2 Å². The van der Waals surface area contributed by atoms with Crippen molar-refractivity contribution in [3.05, 3.63) is 58.1 Å². The molecule has 5 heteroatoms. The maximum absolute atomic E-state index is 13.5. The van der Waals surface area contributed by atoms with E-state index >= 15 is 0 Å². The summed E-state index contributed by atoms with van der Waals surface area (Å²) in [4.78, 5) is 0. The van der Waals surface area contributed by atoms with Gasteiger partial charge in [-0.2, -0.15) is 0 Å².